The standard InChI is InChI=1S/C15H21N3O/c19-14(10-12-2-7-16-8-3-12)18-13-4-9-17-15(11-13)5-1-6-15/h2-3,7-8,13,17H,1,4-6,9-11H2,(H,18,19). The van der Waals surface area contributed by atoms with Crippen LogP contribution in [0.25, 0.3) is 0 Å². The van der Waals surface area contributed by atoms with Gasteiger partial charge in [-0.2, -0.15) is 0 Å². The van der Waals surface area contributed by atoms with E-state index in [-0.39, 0.29) is 5.91 Å². The summed E-state index contributed by atoms with van der Waals surface area (Å²) in [6.45, 7) is 1.03. The molecule has 2 heterocycles. The van der Waals surface area contributed by atoms with E-state index < -0.39 is 0 Å². The summed E-state index contributed by atoms with van der Waals surface area (Å²) < 4.78 is 0. The van der Waals surface area contributed by atoms with E-state index >= 15 is 0 Å². The average Bonchev–Trinajstić information content (AvgIpc) is 2.38. The molecule has 1 aliphatic heterocycles. The molecule has 0 radical (unpaired) electrons. The molecule has 0 aromatic carbocycles. The summed E-state index contributed by atoms with van der Waals surface area (Å²) in [5.41, 5.74) is 1.37. The first-order chi connectivity index (χ1) is 9.26. The topological polar surface area (TPSA) is 54.0 Å². The second-order valence-corrected chi connectivity index (χ2v) is 5.85. The van der Waals surface area contributed by atoms with Gasteiger partial charge in [0.05, 0.1) is 6.42 Å². The first-order valence-corrected chi connectivity index (χ1v) is 7.19. The summed E-state index contributed by atoms with van der Waals surface area (Å²) in [6.07, 6.45) is 9.92. The fraction of sp³-hybridized carbons (Fsp3) is 0.600. The lowest BCUT2D eigenvalue weighted by Crippen LogP contribution is -2.59. The van der Waals surface area contributed by atoms with Crippen LogP contribution in [-0.4, -0.2) is 29.0 Å². The van der Waals surface area contributed by atoms with E-state index in [2.05, 4.69) is 15.6 Å². The number of hydrogen-bond donors (Lipinski definition) is 2. The number of carbonyl (C=O) groups is 1. The van der Waals surface area contributed by atoms with E-state index in [1.54, 1.807) is 12.4 Å². The molecule has 1 saturated heterocycles. The Hall–Kier alpha value is -1.42. The average molecular weight is 259 g/mol. The normalized spacial score (nSPS) is 24.7. The lowest BCUT2D eigenvalue weighted by atomic mass is 9.70. The minimum Gasteiger partial charge on any atom is -0.353 e. The summed E-state index contributed by atoms with van der Waals surface area (Å²) in [5.74, 6) is 0.132. The third-order valence-electron chi connectivity index (χ3n) is 4.42. The molecule has 1 spiro atoms. The maximum Gasteiger partial charge on any atom is 0.224 e. The Kier molecular flexibility index (Phi) is 3.51. The maximum atomic E-state index is 12.0. The van der Waals surface area contributed by atoms with Crippen molar-refractivity contribution in [3.05, 3.63) is 30.1 Å². The molecule has 2 N–H and O–H groups in total. The SMILES string of the molecule is O=C(Cc1ccncc1)NC1CCNC2(CCC2)C1. The zero-order chi connectivity index (χ0) is 13.1. The fourth-order valence-corrected chi connectivity index (χ4v) is 3.23. The van der Waals surface area contributed by atoms with Crippen LogP contribution >= 0.6 is 0 Å². The van der Waals surface area contributed by atoms with Gasteiger partial charge < -0.3 is 10.6 Å². The Morgan fingerprint density at radius 1 is 1.42 bits per heavy atom. The second-order valence-electron chi connectivity index (χ2n) is 5.85. The van der Waals surface area contributed by atoms with E-state index in [1.807, 2.05) is 12.1 Å². The van der Waals surface area contributed by atoms with Gasteiger partial charge in [0.1, 0.15) is 0 Å². The number of aromatic nitrogens is 1. The smallest absolute Gasteiger partial charge is 0.224 e. The van der Waals surface area contributed by atoms with Crippen molar-refractivity contribution in [1.29, 1.82) is 0 Å². The molecule has 1 atom stereocenters. The second kappa shape index (κ2) is 5.29. The minimum absolute atomic E-state index is 0.132. The summed E-state index contributed by atoms with van der Waals surface area (Å²) in [7, 11) is 0. The predicted octanol–water partition coefficient (Wildman–Crippen LogP) is 1.41. The van der Waals surface area contributed by atoms with Crippen LogP contribution in [0.15, 0.2) is 24.5 Å². The molecule has 1 unspecified atom stereocenters. The first-order valence-electron chi connectivity index (χ1n) is 7.19. The number of piperidine rings is 1. The van der Waals surface area contributed by atoms with Crippen LogP contribution in [0.5, 0.6) is 0 Å². The molecule has 1 amide bonds. The van der Waals surface area contributed by atoms with Gasteiger partial charge in [0.25, 0.3) is 0 Å². The number of hydrogen-bond acceptors (Lipinski definition) is 3. The molecule has 3 rings (SSSR count). The zero-order valence-corrected chi connectivity index (χ0v) is 11.2. The van der Waals surface area contributed by atoms with Gasteiger partial charge in [-0.15, -0.1) is 0 Å². The molecule has 1 aliphatic carbocycles. The predicted molar refractivity (Wildman–Crippen MR) is 73.7 cm³/mol. The van der Waals surface area contributed by atoms with Gasteiger partial charge in [0.2, 0.25) is 5.91 Å². The van der Waals surface area contributed by atoms with Crippen molar-refractivity contribution < 1.29 is 4.79 Å². The quantitative estimate of drug-likeness (QED) is 0.863. The molecule has 1 aromatic heterocycles. The highest BCUT2D eigenvalue weighted by atomic mass is 16.1. The Morgan fingerprint density at radius 2 is 2.21 bits per heavy atom. The molecule has 1 saturated carbocycles. The first kappa shape index (κ1) is 12.6. The minimum atomic E-state index is 0.132. The van der Waals surface area contributed by atoms with Gasteiger partial charge in [-0.3, -0.25) is 9.78 Å². The summed E-state index contributed by atoms with van der Waals surface area (Å²) in [6, 6.07) is 4.14. The highest BCUT2D eigenvalue weighted by Crippen LogP contribution is 2.38. The van der Waals surface area contributed by atoms with Gasteiger partial charge in [-0.05, 0) is 56.3 Å². The molecule has 4 heteroatoms. The van der Waals surface area contributed by atoms with E-state index in [0.717, 1.165) is 24.9 Å². The van der Waals surface area contributed by atoms with Crippen molar-refractivity contribution in [2.45, 2.75) is 50.1 Å². The van der Waals surface area contributed by atoms with Crippen molar-refractivity contribution in [2.75, 3.05) is 6.54 Å². The number of nitrogens with zero attached hydrogens (tertiary/aromatic N) is 1. The number of amides is 1. The van der Waals surface area contributed by atoms with Gasteiger partial charge in [-0.1, -0.05) is 0 Å². The van der Waals surface area contributed by atoms with Crippen LogP contribution < -0.4 is 10.6 Å². The Labute approximate surface area is 114 Å². The van der Waals surface area contributed by atoms with Crippen LogP contribution in [0.4, 0.5) is 0 Å². The Bertz CT molecular complexity index is 442. The summed E-state index contributed by atoms with van der Waals surface area (Å²) in [5, 5.41) is 6.82. The number of rotatable bonds is 3. The third-order valence-corrected chi connectivity index (χ3v) is 4.42. The highest BCUT2D eigenvalue weighted by molar-refractivity contribution is 5.78. The molecule has 2 fully saturated rings. The number of carbonyl (C=O) groups excluding carboxylic acids is 1. The Morgan fingerprint density at radius 3 is 2.89 bits per heavy atom. The van der Waals surface area contributed by atoms with Crippen molar-refractivity contribution >= 4 is 5.91 Å². The molecule has 0 bridgehead atoms. The van der Waals surface area contributed by atoms with E-state index in [0.29, 0.717) is 18.0 Å². The molecular formula is C15H21N3O. The molecular weight excluding hydrogens is 238 g/mol. The third kappa shape index (κ3) is 2.95. The molecule has 2 aliphatic rings. The maximum absolute atomic E-state index is 12.0. The van der Waals surface area contributed by atoms with Gasteiger partial charge in [0, 0.05) is 24.0 Å². The van der Waals surface area contributed by atoms with Gasteiger partial charge in [-0.25, -0.2) is 0 Å². The van der Waals surface area contributed by atoms with Crippen molar-refractivity contribution in [2.24, 2.45) is 0 Å². The lowest BCUT2D eigenvalue weighted by Gasteiger charge is -2.48. The van der Waals surface area contributed by atoms with Crippen LogP contribution in [0.2, 0.25) is 0 Å². The van der Waals surface area contributed by atoms with Crippen molar-refractivity contribution in [3.63, 3.8) is 0 Å². The highest BCUT2D eigenvalue weighted by Gasteiger charge is 2.41. The Balaban J connectivity index is 1.52. The van der Waals surface area contributed by atoms with E-state index in [4.69, 9.17) is 0 Å². The lowest BCUT2D eigenvalue weighted by molar-refractivity contribution is -0.121. The monoisotopic (exact) mass is 259 g/mol. The fourth-order valence-electron chi connectivity index (χ4n) is 3.23. The van der Waals surface area contributed by atoms with Gasteiger partial charge >= 0.3 is 0 Å². The molecule has 102 valence electrons. The molecule has 19 heavy (non-hydrogen) atoms. The summed E-state index contributed by atoms with van der Waals surface area (Å²) >= 11 is 0. The van der Waals surface area contributed by atoms with E-state index in [9.17, 15) is 4.79 Å². The number of pyridine rings is 1. The van der Waals surface area contributed by atoms with Crippen LogP contribution in [0.3, 0.4) is 0 Å². The zero-order valence-electron chi connectivity index (χ0n) is 11.2. The molecule has 4 nitrogen and oxygen atoms in total. The van der Waals surface area contributed by atoms with E-state index in [1.165, 1.54) is 19.3 Å². The largest absolute Gasteiger partial charge is 0.353 e. The van der Waals surface area contributed by atoms with Crippen molar-refractivity contribution in [3.8, 4) is 0 Å². The van der Waals surface area contributed by atoms with Gasteiger partial charge in [0.15, 0.2) is 0 Å². The van der Waals surface area contributed by atoms with Crippen molar-refractivity contribution in [1.82, 2.24) is 15.6 Å². The number of nitrogens with one attached hydrogen (secondary N) is 2. The van der Waals surface area contributed by atoms with Crippen LogP contribution in [0, 0.1) is 0 Å². The molecule has 1 aromatic rings. The van der Waals surface area contributed by atoms with Crippen LogP contribution in [-0.2, 0) is 11.2 Å². The van der Waals surface area contributed by atoms with Crippen LogP contribution in [0.1, 0.15) is 37.7 Å². The summed E-state index contributed by atoms with van der Waals surface area (Å²) in [4.78, 5) is 16.0.